The number of nitrogens with zero attached hydrogens (tertiary/aromatic N) is 5. The van der Waals surface area contributed by atoms with Gasteiger partial charge in [-0.1, -0.05) is 12.1 Å². The van der Waals surface area contributed by atoms with Crippen LogP contribution in [-0.2, 0) is 23.2 Å². The lowest BCUT2D eigenvalue weighted by atomic mass is 10.0. The van der Waals surface area contributed by atoms with Gasteiger partial charge in [0.1, 0.15) is 11.9 Å². The molecule has 1 N–H and O–H groups in total. The molecule has 0 spiro atoms. The molecule has 3 aliphatic heterocycles. The molecule has 3 saturated heterocycles. The zero-order valence-electron chi connectivity index (χ0n) is 19.2. The Balaban J connectivity index is 1.27. The predicted octanol–water partition coefficient (Wildman–Crippen LogP) is 1.35. The van der Waals surface area contributed by atoms with Gasteiger partial charge in [-0.3, -0.25) is 19.4 Å². The largest absolute Gasteiger partial charge is 0.353 e. The first kappa shape index (κ1) is 21.4. The number of amides is 2. The lowest BCUT2D eigenvalue weighted by molar-refractivity contribution is -0.130. The fourth-order valence-electron chi connectivity index (χ4n) is 5.76. The minimum absolute atomic E-state index is 0.103. The first-order valence-corrected chi connectivity index (χ1v) is 11.9. The van der Waals surface area contributed by atoms with Gasteiger partial charge in [-0.2, -0.15) is 0 Å². The second kappa shape index (κ2) is 8.83. The Hall–Kier alpha value is -2.45. The van der Waals surface area contributed by atoms with Gasteiger partial charge in [0.25, 0.3) is 0 Å². The minimum atomic E-state index is -0.181. The van der Waals surface area contributed by atoms with Crippen molar-refractivity contribution in [1.82, 2.24) is 29.6 Å². The number of hydrogen-bond acceptors (Lipinski definition) is 5. The van der Waals surface area contributed by atoms with Crippen molar-refractivity contribution < 1.29 is 9.59 Å². The molecular formula is C24H34N6O2. The number of likely N-dealkylation sites (N-methyl/N-ethyl adjacent to an activating group) is 1. The van der Waals surface area contributed by atoms with Crippen molar-refractivity contribution >= 4 is 22.8 Å². The summed E-state index contributed by atoms with van der Waals surface area (Å²) in [5, 5.41) is 3.17. The van der Waals surface area contributed by atoms with E-state index in [1.54, 1.807) is 0 Å². The van der Waals surface area contributed by atoms with Gasteiger partial charge in [-0.05, 0) is 44.9 Å². The molecule has 1 aromatic heterocycles. The van der Waals surface area contributed by atoms with Gasteiger partial charge < -0.3 is 14.8 Å². The van der Waals surface area contributed by atoms with Gasteiger partial charge in [-0.15, -0.1) is 0 Å². The smallest absolute Gasteiger partial charge is 0.239 e. The number of carbonyl (C=O) groups is 2. The summed E-state index contributed by atoms with van der Waals surface area (Å²) in [6.45, 7) is 3.94. The maximum atomic E-state index is 13.1. The molecule has 3 fully saturated rings. The van der Waals surface area contributed by atoms with Crippen molar-refractivity contribution in [2.75, 3.05) is 33.2 Å². The molecule has 2 aromatic rings. The Kier molecular flexibility index (Phi) is 5.90. The molecular weight excluding hydrogens is 404 g/mol. The summed E-state index contributed by atoms with van der Waals surface area (Å²) in [5.41, 5.74) is 2.11. The number of aromatic nitrogens is 2. The second-order valence-corrected chi connectivity index (χ2v) is 9.54. The van der Waals surface area contributed by atoms with Crippen molar-refractivity contribution in [3.8, 4) is 0 Å². The van der Waals surface area contributed by atoms with E-state index < -0.39 is 0 Å². The molecule has 5 rings (SSSR count). The molecule has 0 radical (unpaired) electrons. The second-order valence-electron chi connectivity index (χ2n) is 9.54. The van der Waals surface area contributed by atoms with E-state index in [1.165, 1.54) is 0 Å². The molecule has 8 nitrogen and oxygen atoms in total. The standard InChI is InChI=1S/C24H34N6O2/c1-27-17(9-10-22(31)29-12-5-6-13-29)15-25-24(32)23-20(27)11-14-30(23)16-21-26-18-7-3-4-8-19(18)28(21)2/h3-4,7-8,17,20,23H,5-6,9-16H2,1-2H3,(H,25,32)/t17-,20-,23-/m0/s1. The number of fused-ring (bicyclic) bond motifs is 2. The first-order valence-electron chi connectivity index (χ1n) is 11.9. The van der Waals surface area contributed by atoms with E-state index in [4.69, 9.17) is 4.98 Å². The van der Waals surface area contributed by atoms with Crippen LogP contribution in [0.2, 0.25) is 0 Å². The van der Waals surface area contributed by atoms with E-state index in [-0.39, 0.29) is 29.9 Å². The van der Waals surface area contributed by atoms with Crippen LogP contribution in [-0.4, -0.2) is 87.4 Å². The molecule has 2 amide bonds. The highest BCUT2D eigenvalue weighted by Crippen LogP contribution is 2.29. The monoisotopic (exact) mass is 438 g/mol. The molecule has 0 bridgehead atoms. The maximum Gasteiger partial charge on any atom is 0.239 e. The molecule has 0 saturated carbocycles. The number of hydrogen-bond donors (Lipinski definition) is 1. The van der Waals surface area contributed by atoms with Gasteiger partial charge in [0.2, 0.25) is 11.8 Å². The van der Waals surface area contributed by atoms with Crippen LogP contribution in [0.25, 0.3) is 11.0 Å². The number of benzene rings is 1. The summed E-state index contributed by atoms with van der Waals surface area (Å²) >= 11 is 0. The molecule has 8 heteroatoms. The molecule has 1 aromatic carbocycles. The molecule has 32 heavy (non-hydrogen) atoms. The van der Waals surface area contributed by atoms with Crippen LogP contribution >= 0.6 is 0 Å². The number of aryl methyl sites for hydroxylation is 1. The van der Waals surface area contributed by atoms with Crippen molar-refractivity contribution in [2.24, 2.45) is 7.05 Å². The first-order chi connectivity index (χ1) is 15.5. The summed E-state index contributed by atoms with van der Waals surface area (Å²) in [6, 6.07) is 8.33. The third-order valence-electron chi connectivity index (χ3n) is 7.72. The summed E-state index contributed by atoms with van der Waals surface area (Å²) in [7, 11) is 4.17. The number of rotatable bonds is 5. The lowest BCUT2D eigenvalue weighted by Gasteiger charge is -2.33. The fraction of sp³-hybridized carbons (Fsp3) is 0.625. The van der Waals surface area contributed by atoms with Crippen molar-refractivity contribution in [3.63, 3.8) is 0 Å². The normalized spacial score (nSPS) is 27.0. The highest BCUT2D eigenvalue weighted by atomic mass is 16.2. The minimum Gasteiger partial charge on any atom is -0.353 e. The van der Waals surface area contributed by atoms with E-state index in [0.29, 0.717) is 19.5 Å². The van der Waals surface area contributed by atoms with E-state index in [0.717, 1.165) is 62.2 Å². The van der Waals surface area contributed by atoms with E-state index in [1.807, 2.05) is 30.1 Å². The van der Waals surface area contributed by atoms with E-state index in [2.05, 4.69) is 32.8 Å². The summed E-state index contributed by atoms with van der Waals surface area (Å²) < 4.78 is 2.13. The van der Waals surface area contributed by atoms with Gasteiger partial charge in [-0.25, -0.2) is 4.98 Å². The van der Waals surface area contributed by atoms with Crippen LogP contribution in [0.5, 0.6) is 0 Å². The molecule has 3 atom stereocenters. The predicted molar refractivity (Wildman–Crippen MR) is 123 cm³/mol. The van der Waals surface area contributed by atoms with Gasteiger partial charge in [0, 0.05) is 51.7 Å². The van der Waals surface area contributed by atoms with E-state index >= 15 is 0 Å². The molecule has 172 valence electrons. The number of para-hydroxylation sites is 2. The van der Waals surface area contributed by atoms with Crippen molar-refractivity contribution in [2.45, 2.75) is 56.8 Å². The Labute approximate surface area is 189 Å². The highest BCUT2D eigenvalue weighted by molar-refractivity contribution is 5.83. The SMILES string of the molecule is CN1[C@@H](CCC(=O)N2CCCC2)CNC(=O)[C@@H]2[C@@H]1CCN2Cc1nc2ccccc2n1C. The molecule has 3 aliphatic rings. The summed E-state index contributed by atoms with van der Waals surface area (Å²) in [4.78, 5) is 37.1. The van der Waals surface area contributed by atoms with E-state index in [9.17, 15) is 9.59 Å². The number of likely N-dealkylation sites (tertiary alicyclic amines) is 2. The van der Waals surface area contributed by atoms with Gasteiger partial charge in [0.05, 0.1) is 17.6 Å². The molecule has 0 unspecified atom stereocenters. The van der Waals surface area contributed by atoms with Crippen LogP contribution in [0, 0.1) is 0 Å². The third kappa shape index (κ3) is 3.90. The Bertz CT molecular complexity index is 998. The third-order valence-corrected chi connectivity index (χ3v) is 7.72. The van der Waals surface area contributed by atoms with Crippen LogP contribution in [0.3, 0.4) is 0 Å². The summed E-state index contributed by atoms with van der Waals surface area (Å²) in [6.07, 6.45) is 4.55. The van der Waals surface area contributed by atoms with Crippen LogP contribution < -0.4 is 5.32 Å². The molecule has 4 heterocycles. The van der Waals surface area contributed by atoms with Crippen LogP contribution in [0.1, 0.15) is 37.9 Å². The average Bonchev–Trinajstić information content (AvgIpc) is 3.52. The average molecular weight is 439 g/mol. The lowest BCUT2D eigenvalue weighted by Crippen LogP contribution is -2.49. The van der Waals surface area contributed by atoms with Crippen molar-refractivity contribution in [3.05, 3.63) is 30.1 Å². The quantitative estimate of drug-likeness (QED) is 0.763. The zero-order valence-corrected chi connectivity index (χ0v) is 19.2. The Morgan fingerprint density at radius 3 is 2.72 bits per heavy atom. The zero-order chi connectivity index (χ0) is 22.2. The van der Waals surface area contributed by atoms with Gasteiger partial charge >= 0.3 is 0 Å². The summed E-state index contributed by atoms with van der Waals surface area (Å²) in [5.74, 6) is 1.35. The van der Waals surface area contributed by atoms with Crippen molar-refractivity contribution in [1.29, 1.82) is 0 Å². The van der Waals surface area contributed by atoms with Gasteiger partial charge in [0.15, 0.2) is 0 Å². The number of nitrogens with one attached hydrogen (secondary N) is 1. The van der Waals surface area contributed by atoms with Crippen LogP contribution in [0.15, 0.2) is 24.3 Å². The Morgan fingerprint density at radius 2 is 1.94 bits per heavy atom. The maximum absolute atomic E-state index is 13.1. The number of imidazole rings is 1. The van der Waals surface area contributed by atoms with Crippen LogP contribution in [0.4, 0.5) is 0 Å². The topological polar surface area (TPSA) is 73.7 Å². The number of carbonyl (C=O) groups excluding carboxylic acids is 2. The fourth-order valence-corrected chi connectivity index (χ4v) is 5.76. The highest BCUT2D eigenvalue weighted by Gasteiger charge is 2.45. The molecule has 0 aliphatic carbocycles. The Morgan fingerprint density at radius 1 is 1.16 bits per heavy atom.